The van der Waals surface area contributed by atoms with Crippen molar-refractivity contribution in [3.05, 3.63) is 58.1 Å². The number of fused-ring (bicyclic) bond motifs is 1. The van der Waals surface area contributed by atoms with Gasteiger partial charge in [-0.2, -0.15) is 5.10 Å². The largest absolute Gasteiger partial charge is 0.495 e. The molecule has 0 atom stereocenters. The molecule has 6 rings (SSSR count). The van der Waals surface area contributed by atoms with Crippen molar-refractivity contribution in [1.29, 1.82) is 0 Å². The number of nitrogens with one attached hydrogen (secondary N) is 2. The van der Waals surface area contributed by atoms with Crippen LogP contribution in [0.4, 0.5) is 11.5 Å². The first-order chi connectivity index (χ1) is 19.0. The summed E-state index contributed by atoms with van der Waals surface area (Å²) in [6.45, 7) is 2.17. The number of piperidine rings is 1. The zero-order chi connectivity index (χ0) is 27.1. The number of anilines is 2. The highest BCUT2D eigenvalue weighted by Gasteiger charge is 2.33. The third-order valence-electron chi connectivity index (χ3n) is 7.81. The van der Waals surface area contributed by atoms with Gasteiger partial charge in [-0.1, -0.05) is 23.2 Å². The Kier molecular flexibility index (Phi) is 6.99. The molecule has 1 saturated carbocycles. The standard InChI is InChI=1S/C29H29Cl2N5O3/c1-38-22-15-23(39-2)26(31)24(25(22)30)21-10-9-20-27(32-21)34-35-28(20)33-29(37)18-5-7-19(8-6-18)36-13-11-17(12-14-36)16-3-4-16/h5-10,15-17H,3-4,11-14H2,1-2H3,(H2,32,33,34,35,37). The van der Waals surface area contributed by atoms with E-state index in [0.717, 1.165) is 30.6 Å². The average Bonchev–Trinajstić information content (AvgIpc) is 3.75. The number of halogens is 2. The van der Waals surface area contributed by atoms with Crippen LogP contribution < -0.4 is 19.7 Å². The van der Waals surface area contributed by atoms with E-state index in [9.17, 15) is 4.79 Å². The number of aromatic amines is 1. The van der Waals surface area contributed by atoms with E-state index in [2.05, 4.69) is 25.4 Å². The van der Waals surface area contributed by atoms with Crippen LogP contribution in [0.2, 0.25) is 10.0 Å². The Hall–Kier alpha value is -3.49. The summed E-state index contributed by atoms with van der Waals surface area (Å²) in [5.74, 6) is 2.85. The Labute approximate surface area is 236 Å². The van der Waals surface area contributed by atoms with E-state index < -0.39 is 0 Å². The van der Waals surface area contributed by atoms with Gasteiger partial charge in [0.05, 0.1) is 35.3 Å². The van der Waals surface area contributed by atoms with Crippen molar-refractivity contribution in [3.63, 3.8) is 0 Å². The van der Waals surface area contributed by atoms with Gasteiger partial charge in [-0.25, -0.2) is 4.98 Å². The number of methoxy groups -OCH3 is 2. The third kappa shape index (κ3) is 4.99. The van der Waals surface area contributed by atoms with Crippen LogP contribution in [0.25, 0.3) is 22.3 Å². The predicted molar refractivity (Wildman–Crippen MR) is 155 cm³/mol. The molecule has 10 heteroatoms. The fraction of sp³-hybridized carbons (Fsp3) is 0.345. The molecule has 3 heterocycles. The molecule has 1 amide bonds. The van der Waals surface area contributed by atoms with Gasteiger partial charge in [-0.15, -0.1) is 0 Å². The molecular weight excluding hydrogens is 537 g/mol. The molecule has 0 radical (unpaired) electrons. The number of amides is 1. The van der Waals surface area contributed by atoms with Gasteiger partial charge in [-0.05, 0) is 73.9 Å². The number of rotatable bonds is 7. The van der Waals surface area contributed by atoms with E-state index in [4.69, 9.17) is 32.7 Å². The van der Waals surface area contributed by atoms with Crippen LogP contribution in [0.5, 0.6) is 11.5 Å². The molecule has 1 aliphatic heterocycles. The average molecular weight is 566 g/mol. The lowest BCUT2D eigenvalue weighted by Gasteiger charge is -2.33. The smallest absolute Gasteiger partial charge is 0.256 e. The molecule has 2 fully saturated rings. The molecule has 1 aliphatic carbocycles. The van der Waals surface area contributed by atoms with Crippen molar-refractivity contribution in [3.8, 4) is 22.8 Å². The van der Waals surface area contributed by atoms with Gasteiger partial charge in [0.15, 0.2) is 11.5 Å². The molecular formula is C29H29Cl2N5O3. The van der Waals surface area contributed by atoms with Crippen molar-refractivity contribution in [2.24, 2.45) is 11.8 Å². The van der Waals surface area contributed by atoms with E-state index in [1.54, 1.807) is 12.1 Å². The minimum Gasteiger partial charge on any atom is -0.495 e. The Balaban J connectivity index is 1.18. The number of hydrogen-bond donors (Lipinski definition) is 2. The number of nitrogens with zero attached hydrogens (tertiary/aromatic N) is 3. The van der Waals surface area contributed by atoms with Gasteiger partial charge < -0.3 is 19.7 Å². The molecule has 2 N–H and O–H groups in total. The molecule has 0 spiro atoms. The Morgan fingerprint density at radius 2 is 1.59 bits per heavy atom. The first-order valence-electron chi connectivity index (χ1n) is 13.1. The van der Waals surface area contributed by atoms with Crippen molar-refractivity contribution in [2.75, 3.05) is 37.5 Å². The molecule has 2 aliphatic rings. The van der Waals surface area contributed by atoms with Crippen molar-refractivity contribution >= 4 is 51.6 Å². The summed E-state index contributed by atoms with van der Waals surface area (Å²) in [5, 5.41) is 11.4. The molecule has 1 saturated heterocycles. The fourth-order valence-electron chi connectivity index (χ4n) is 5.45. The summed E-state index contributed by atoms with van der Waals surface area (Å²) in [6.07, 6.45) is 5.35. The highest BCUT2D eigenvalue weighted by Crippen LogP contribution is 2.46. The molecule has 4 aromatic rings. The first-order valence-corrected chi connectivity index (χ1v) is 13.8. The highest BCUT2D eigenvalue weighted by atomic mass is 35.5. The van der Waals surface area contributed by atoms with Crippen LogP contribution in [0, 0.1) is 11.8 Å². The number of benzene rings is 2. The number of carbonyl (C=O) groups excluding carboxylic acids is 1. The van der Waals surface area contributed by atoms with Gasteiger partial charge in [0, 0.05) is 36.0 Å². The van der Waals surface area contributed by atoms with E-state index >= 15 is 0 Å². The van der Waals surface area contributed by atoms with Crippen molar-refractivity contribution in [2.45, 2.75) is 25.7 Å². The van der Waals surface area contributed by atoms with Crippen LogP contribution in [-0.2, 0) is 0 Å². The first kappa shape index (κ1) is 25.8. The van der Waals surface area contributed by atoms with Crippen molar-refractivity contribution < 1.29 is 14.3 Å². The van der Waals surface area contributed by atoms with E-state index in [0.29, 0.717) is 55.2 Å². The van der Waals surface area contributed by atoms with E-state index in [1.807, 2.05) is 30.3 Å². The molecule has 0 unspecified atom stereocenters. The summed E-state index contributed by atoms with van der Waals surface area (Å²) in [7, 11) is 3.04. The van der Waals surface area contributed by atoms with Crippen LogP contribution >= 0.6 is 23.2 Å². The number of carbonyl (C=O) groups is 1. The number of pyridine rings is 1. The third-order valence-corrected chi connectivity index (χ3v) is 8.56. The summed E-state index contributed by atoms with van der Waals surface area (Å²) < 4.78 is 10.7. The van der Waals surface area contributed by atoms with Gasteiger partial charge in [0.25, 0.3) is 5.91 Å². The van der Waals surface area contributed by atoms with Gasteiger partial charge in [-0.3, -0.25) is 9.89 Å². The fourth-order valence-corrected chi connectivity index (χ4v) is 6.14. The summed E-state index contributed by atoms with van der Waals surface area (Å²) in [4.78, 5) is 20.1. The van der Waals surface area contributed by atoms with Crippen LogP contribution in [-0.4, -0.2) is 48.4 Å². The topological polar surface area (TPSA) is 92.4 Å². The Morgan fingerprint density at radius 1 is 0.949 bits per heavy atom. The normalized spacial score (nSPS) is 15.9. The Bertz CT molecular complexity index is 1500. The molecule has 0 bridgehead atoms. The number of ether oxygens (including phenoxy) is 2. The minimum absolute atomic E-state index is 0.241. The SMILES string of the molecule is COc1cc(OC)c(Cl)c(-c2ccc3c(NC(=O)c4ccc(N5CCC(C6CC6)CC5)cc4)n[nH]c3n2)c1Cl. The zero-order valence-corrected chi connectivity index (χ0v) is 23.3. The summed E-state index contributed by atoms with van der Waals surface area (Å²) in [6, 6.07) is 13.0. The summed E-state index contributed by atoms with van der Waals surface area (Å²) in [5.41, 5.74) is 3.19. The summed E-state index contributed by atoms with van der Waals surface area (Å²) >= 11 is 13.1. The van der Waals surface area contributed by atoms with Crippen LogP contribution in [0.1, 0.15) is 36.0 Å². The lowest BCUT2D eigenvalue weighted by molar-refractivity contribution is 0.102. The number of H-pyrrole nitrogens is 1. The maximum atomic E-state index is 13.0. The van der Waals surface area contributed by atoms with Gasteiger partial charge >= 0.3 is 0 Å². The van der Waals surface area contributed by atoms with E-state index in [1.165, 1.54) is 39.9 Å². The van der Waals surface area contributed by atoms with Gasteiger partial charge in [0.2, 0.25) is 0 Å². The number of aromatic nitrogens is 3. The highest BCUT2D eigenvalue weighted by molar-refractivity contribution is 6.41. The predicted octanol–water partition coefficient (Wildman–Crippen LogP) is 6.83. The van der Waals surface area contributed by atoms with Crippen LogP contribution in [0.3, 0.4) is 0 Å². The molecule has 39 heavy (non-hydrogen) atoms. The number of hydrogen-bond acceptors (Lipinski definition) is 6. The van der Waals surface area contributed by atoms with E-state index in [-0.39, 0.29) is 5.91 Å². The second kappa shape index (κ2) is 10.6. The molecule has 202 valence electrons. The minimum atomic E-state index is -0.241. The molecule has 8 nitrogen and oxygen atoms in total. The second-order valence-corrected chi connectivity index (χ2v) is 10.9. The van der Waals surface area contributed by atoms with Gasteiger partial charge in [0.1, 0.15) is 11.5 Å². The lowest BCUT2D eigenvalue weighted by Crippen LogP contribution is -2.34. The molecule has 2 aromatic heterocycles. The second-order valence-electron chi connectivity index (χ2n) is 10.1. The zero-order valence-electron chi connectivity index (χ0n) is 21.8. The maximum Gasteiger partial charge on any atom is 0.256 e. The maximum absolute atomic E-state index is 13.0. The van der Waals surface area contributed by atoms with Crippen molar-refractivity contribution in [1.82, 2.24) is 15.2 Å². The monoisotopic (exact) mass is 565 g/mol. The van der Waals surface area contributed by atoms with Crippen LogP contribution in [0.15, 0.2) is 42.5 Å². The Morgan fingerprint density at radius 3 is 2.21 bits per heavy atom. The lowest BCUT2D eigenvalue weighted by atomic mass is 9.92. The molecule has 2 aromatic carbocycles. The quantitative estimate of drug-likeness (QED) is 0.255.